The summed E-state index contributed by atoms with van der Waals surface area (Å²) in [6.45, 7) is 2.27. The smallest absolute Gasteiger partial charge is 0.161 e. The number of rotatable bonds is 8. The van der Waals surface area contributed by atoms with Crippen LogP contribution >= 0.6 is 12.4 Å². The summed E-state index contributed by atoms with van der Waals surface area (Å²) in [5.74, 6) is 1.61. The summed E-state index contributed by atoms with van der Waals surface area (Å²) in [5, 5.41) is 0. The maximum absolute atomic E-state index is 5.87. The van der Waals surface area contributed by atoms with Gasteiger partial charge in [0, 0.05) is 6.54 Å². The van der Waals surface area contributed by atoms with Gasteiger partial charge in [-0.3, -0.25) is 0 Å². The molecule has 22 heavy (non-hydrogen) atoms. The van der Waals surface area contributed by atoms with Gasteiger partial charge in [0.1, 0.15) is 6.61 Å². The molecule has 0 amide bonds. The van der Waals surface area contributed by atoms with Gasteiger partial charge in [-0.1, -0.05) is 42.5 Å². The first kappa shape index (κ1) is 18.3. The van der Waals surface area contributed by atoms with Crippen molar-refractivity contribution in [2.45, 2.75) is 13.0 Å². The Labute approximate surface area is 139 Å². The molecule has 0 aliphatic carbocycles. The molecule has 120 valence electrons. The number of benzene rings is 2. The Kier molecular flexibility index (Phi) is 8.41. The highest BCUT2D eigenvalue weighted by Gasteiger charge is 2.04. The minimum Gasteiger partial charge on any atom is -0.490 e. The van der Waals surface area contributed by atoms with Gasteiger partial charge in [0.2, 0.25) is 0 Å². The first-order valence-electron chi connectivity index (χ1n) is 7.29. The monoisotopic (exact) mass is 321 g/mol. The van der Waals surface area contributed by atoms with Gasteiger partial charge in [0.05, 0.1) is 6.61 Å². The van der Waals surface area contributed by atoms with Crippen LogP contribution in [0.2, 0.25) is 0 Å². The molecule has 0 fully saturated rings. The van der Waals surface area contributed by atoms with Crippen molar-refractivity contribution >= 4 is 12.4 Å². The van der Waals surface area contributed by atoms with E-state index in [4.69, 9.17) is 9.47 Å². The molecule has 0 aromatic heterocycles. The lowest BCUT2D eigenvalue weighted by molar-refractivity contribution is 0.249. The van der Waals surface area contributed by atoms with Crippen LogP contribution in [-0.4, -0.2) is 32.1 Å². The van der Waals surface area contributed by atoms with Crippen LogP contribution in [0, 0.1) is 0 Å². The van der Waals surface area contributed by atoms with Crippen molar-refractivity contribution in [1.29, 1.82) is 0 Å². The molecule has 0 heterocycles. The molecule has 4 heteroatoms. The summed E-state index contributed by atoms with van der Waals surface area (Å²) >= 11 is 0. The molecule has 2 rings (SSSR count). The lowest BCUT2D eigenvalue weighted by atomic mass is 10.2. The van der Waals surface area contributed by atoms with Gasteiger partial charge >= 0.3 is 0 Å². The third-order valence-electron chi connectivity index (χ3n) is 3.09. The Morgan fingerprint density at radius 1 is 0.818 bits per heavy atom. The van der Waals surface area contributed by atoms with E-state index < -0.39 is 0 Å². The zero-order valence-electron chi connectivity index (χ0n) is 13.2. The molecule has 2 aromatic carbocycles. The van der Waals surface area contributed by atoms with Crippen molar-refractivity contribution in [2.75, 3.05) is 27.2 Å². The first-order chi connectivity index (χ1) is 10.3. The summed E-state index contributed by atoms with van der Waals surface area (Å²) in [5.41, 5.74) is 1.15. The average molecular weight is 322 g/mol. The maximum Gasteiger partial charge on any atom is 0.161 e. The SMILES string of the molecule is CN(C)CCCOc1ccccc1OCc1ccccc1.Cl. The van der Waals surface area contributed by atoms with Crippen molar-refractivity contribution in [2.24, 2.45) is 0 Å². The van der Waals surface area contributed by atoms with Crippen molar-refractivity contribution in [3.63, 3.8) is 0 Å². The van der Waals surface area contributed by atoms with E-state index in [1.807, 2.05) is 42.5 Å². The van der Waals surface area contributed by atoms with Gasteiger partial charge in [-0.25, -0.2) is 0 Å². The summed E-state index contributed by atoms with van der Waals surface area (Å²) in [7, 11) is 4.13. The number of hydrogen-bond acceptors (Lipinski definition) is 3. The van der Waals surface area contributed by atoms with Crippen LogP contribution in [0.15, 0.2) is 54.6 Å². The minimum atomic E-state index is 0. The predicted octanol–water partition coefficient (Wildman–Crippen LogP) is 4.02. The molecular weight excluding hydrogens is 298 g/mol. The fourth-order valence-electron chi connectivity index (χ4n) is 1.99. The van der Waals surface area contributed by atoms with E-state index >= 15 is 0 Å². The Bertz CT molecular complexity index is 532. The van der Waals surface area contributed by atoms with Crippen LogP contribution in [0.3, 0.4) is 0 Å². The van der Waals surface area contributed by atoms with E-state index in [9.17, 15) is 0 Å². The highest BCUT2D eigenvalue weighted by molar-refractivity contribution is 5.85. The van der Waals surface area contributed by atoms with E-state index in [0.29, 0.717) is 13.2 Å². The lowest BCUT2D eigenvalue weighted by Gasteiger charge is -2.14. The Morgan fingerprint density at radius 3 is 2.05 bits per heavy atom. The Balaban J connectivity index is 0.00000242. The van der Waals surface area contributed by atoms with Crippen molar-refractivity contribution in [3.05, 3.63) is 60.2 Å². The molecule has 0 atom stereocenters. The molecule has 2 aromatic rings. The third kappa shape index (κ3) is 6.37. The van der Waals surface area contributed by atoms with Gasteiger partial charge in [-0.2, -0.15) is 0 Å². The van der Waals surface area contributed by atoms with Crippen LogP contribution in [-0.2, 0) is 6.61 Å². The fraction of sp³-hybridized carbons (Fsp3) is 0.333. The van der Waals surface area contributed by atoms with E-state index in [2.05, 4.69) is 31.1 Å². The van der Waals surface area contributed by atoms with Gasteiger partial charge in [-0.05, 0) is 38.2 Å². The van der Waals surface area contributed by atoms with Gasteiger partial charge in [0.25, 0.3) is 0 Å². The van der Waals surface area contributed by atoms with E-state index in [0.717, 1.165) is 30.0 Å². The molecule has 0 spiro atoms. The predicted molar refractivity (Wildman–Crippen MR) is 93.1 cm³/mol. The van der Waals surface area contributed by atoms with Crippen molar-refractivity contribution in [1.82, 2.24) is 4.90 Å². The minimum absolute atomic E-state index is 0. The lowest BCUT2D eigenvalue weighted by Crippen LogP contribution is -2.15. The standard InChI is InChI=1S/C18H23NO2.ClH/c1-19(2)13-8-14-20-17-11-6-7-12-18(17)21-15-16-9-4-3-5-10-16;/h3-7,9-12H,8,13-15H2,1-2H3;1H. The largest absolute Gasteiger partial charge is 0.490 e. The molecule has 0 bridgehead atoms. The highest BCUT2D eigenvalue weighted by Crippen LogP contribution is 2.27. The molecule has 0 aliphatic heterocycles. The number of para-hydroxylation sites is 2. The number of ether oxygens (including phenoxy) is 2. The van der Waals surface area contributed by atoms with Crippen LogP contribution in [0.5, 0.6) is 11.5 Å². The summed E-state index contributed by atoms with van der Waals surface area (Å²) in [6.07, 6.45) is 1.00. The van der Waals surface area contributed by atoms with Gasteiger partial charge < -0.3 is 14.4 Å². The fourth-order valence-corrected chi connectivity index (χ4v) is 1.99. The van der Waals surface area contributed by atoms with Crippen LogP contribution in [0.1, 0.15) is 12.0 Å². The van der Waals surface area contributed by atoms with E-state index in [1.54, 1.807) is 0 Å². The highest BCUT2D eigenvalue weighted by atomic mass is 35.5. The van der Waals surface area contributed by atoms with Crippen LogP contribution in [0.25, 0.3) is 0 Å². The molecule has 0 N–H and O–H groups in total. The van der Waals surface area contributed by atoms with Crippen molar-refractivity contribution < 1.29 is 9.47 Å². The quantitative estimate of drug-likeness (QED) is 0.685. The number of halogens is 1. The van der Waals surface area contributed by atoms with Crippen LogP contribution in [0.4, 0.5) is 0 Å². The average Bonchev–Trinajstić information content (AvgIpc) is 2.51. The molecule has 0 saturated heterocycles. The molecular formula is C18H24ClNO2. The molecule has 0 radical (unpaired) electrons. The summed E-state index contributed by atoms with van der Waals surface area (Å²) < 4.78 is 11.7. The zero-order valence-corrected chi connectivity index (χ0v) is 14.0. The van der Waals surface area contributed by atoms with Crippen LogP contribution < -0.4 is 9.47 Å². The van der Waals surface area contributed by atoms with E-state index in [1.165, 1.54) is 0 Å². The number of nitrogens with zero attached hydrogens (tertiary/aromatic N) is 1. The third-order valence-corrected chi connectivity index (χ3v) is 3.09. The maximum atomic E-state index is 5.87. The molecule has 0 saturated carbocycles. The second kappa shape index (κ2) is 10.1. The Hall–Kier alpha value is -1.71. The van der Waals surface area contributed by atoms with Crippen molar-refractivity contribution in [3.8, 4) is 11.5 Å². The van der Waals surface area contributed by atoms with Gasteiger partial charge in [-0.15, -0.1) is 12.4 Å². The van der Waals surface area contributed by atoms with Gasteiger partial charge in [0.15, 0.2) is 11.5 Å². The second-order valence-corrected chi connectivity index (χ2v) is 5.23. The second-order valence-electron chi connectivity index (χ2n) is 5.23. The zero-order chi connectivity index (χ0) is 14.9. The topological polar surface area (TPSA) is 21.7 Å². The summed E-state index contributed by atoms with van der Waals surface area (Å²) in [6, 6.07) is 18.0. The molecule has 0 aliphatic rings. The normalized spacial score (nSPS) is 10.1. The number of hydrogen-bond donors (Lipinski definition) is 0. The van der Waals surface area contributed by atoms with E-state index in [-0.39, 0.29) is 12.4 Å². The Morgan fingerprint density at radius 2 is 1.41 bits per heavy atom. The first-order valence-corrected chi connectivity index (χ1v) is 7.29. The summed E-state index contributed by atoms with van der Waals surface area (Å²) in [4.78, 5) is 2.15. The molecule has 3 nitrogen and oxygen atoms in total. The molecule has 0 unspecified atom stereocenters.